The van der Waals surface area contributed by atoms with Crippen LogP contribution < -0.4 is 32.3 Å². The molecule has 0 aliphatic rings. The number of halogens is 1. The predicted molar refractivity (Wildman–Crippen MR) is 236 cm³/mol. The molecular weight excluding hydrogens is 874 g/mol. The molecule has 0 amide bonds. The molecule has 7 N–H and O–H groups in total. The summed E-state index contributed by atoms with van der Waals surface area (Å²) in [5.74, 6) is 0.671. The maximum Gasteiger partial charge on any atom is 0.334 e. The number of rotatable bonds is 19. The highest BCUT2D eigenvalue weighted by atomic mass is 35.5. The van der Waals surface area contributed by atoms with Crippen LogP contribution in [0.5, 0.6) is 12.0 Å². The zero-order valence-electron chi connectivity index (χ0n) is 34.3. The minimum Gasteiger partial charge on any atom is -0.461 e. The van der Waals surface area contributed by atoms with Crippen molar-refractivity contribution >= 4 is 61.8 Å². The lowest BCUT2D eigenvalue weighted by Crippen LogP contribution is -2.18. The molecule has 0 aliphatic carbocycles. The van der Waals surface area contributed by atoms with E-state index in [1.165, 1.54) is 37.6 Å². The van der Waals surface area contributed by atoms with Crippen LogP contribution in [0.2, 0.25) is 0 Å². The summed E-state index contributed by atoms with van der Waals surface area (Å²) in [4.78, 5) is 55.2. The van der Waals surface area contributed by atoms with Crippen LogP contribution in [0.1, 0.15) is 29.7 Å². The molecule has 2 aromatic carbocycles. The van der Waals surface area contributed by atoms with Gasteiger partial charge in [-0.15, -0.1) is 11.6 Å². The Hall–Kier alpha value is -4.99. The number of nitrogen functional groups attached to an aromatic ring is 2. The normalized spacial score (nSPS) is 11.2. The van der Waals surface area contributed by atoms with Gasteiger partial charge in [-0.25, -0.2) is 9.59 Å². The summed E-state index contributed by atoms with van der Waals surface area (Å²) >= 11 is 5.87. The first-order valence-corrected chi connectivity index (χ1v) is 21.5. The van der Waals surface area contributed by atoms with E-state index in [1.807, 2.05) is 48.5 Å². The molecule has 4 heterocycles. The number of benzene rings is 2. The fourth-order valence-electron chi connectivity index (χ4n) is 5.42. The molecule has 0 radical (unpaired) electrons. The van der Waals surface area contributed by atoms with E-state index in [9.17, 15) is 14.2 Å². The third kappa shape index (κ3) is 14.3. The number of methoxy groups -OCH3 is 2. The molecule has 0 aliphatic heterocycles. The molecule has 4 aromatic heterocycles. The molecule has 62 heavy (non-hydrogen) atoms. The summed E-state index contributed by atoms with van der Waals surface area (Å²) in [5, 5.41) is 0. The van der Waals surface area contributed by atoms with Gasteiger partial charge >= 0.3 is 39.6 Å². The van der Waals surface area contributed by atoms with Crippen molar-refractivity contribution in [2.45, 2.75) is 32.6 Å². The largest absolute Gasteiger partial charge is 0.461 e. The van der Waals surface area contributed by atoms with Crippen LogP contribution >= 0.6 is 27.8 Å². The van der Waals surface area contributed by atoms with E-state index in [2.05, 4.69) is 39.0 Å². The van der Waals surface area contributed by atoms with Crippen LogP contribution in [-0.2, 0) is 57.3 Å². The van der Waals surface area contributed by atoms with Gasteiger partial charge in [0.05, 0.1) is 32.5 Å². The van der Waals surface area contributed by atoms with E-state index in [0.717, 1.165) is 22.3 Å². The number of ether oxygens (including phenoxy) is 4. The third-order valence-corrected chi connectivity index (χ3v) is 11.2. The number of nitrogens with one attached hydrogen (secondary N) is 2. The van der Waals surface area contributed by atoms with Gasteiger partial charge in [0.1, 0.15) is 24.2 Å². The number of nitrogens with two attached hydrogens (primary N) is 2. The molecule has 0 spiro atoms. The topological polar surface area (TPSA) is 290 Å². The summed E-state index contributed by atoms with van der Waals surface area (Å²) in [6.45, 7) is 1.83. The summed E-state index contributed by atoms with van der Waals surface area (Å²) in [5.41, 5.74) is 16.1. The average Bonchev–Trinajstić information content (AvgIpc) is 3.75. The van der Waals surface area contributed by atoms with Crippen molar-refractivity contribution in [2.24, 2.45) is 0 Å². The maximum absolute atomic E-state index is 12.5. The van der Waals surface area contributed by atoms with Gasteiger partial charge in [0.25, 0.3) is 0 Å². The lowest BCUT2D eigenvalue weighted by molar-refractivity contribution is 0.141. The summed E-state index contributed by atoms with van der Waals surface area (Å²) < 4.78 is 54.6. The molecule has 6 rings (SSSR count). The molecule has 0 unspecified atom stereocenters. The van der Waals surface area contributed by atoms with Crippen molar-refractivity contribution in [3.8, 4) is 12.0 Å². The Bertz CT molecular complexity index is 2490. The van der Waals surface area contributed by atoms with E-state index < -0.39 is 16.2 Å². The molecule has 25 heteroatoms. The van der Waals surface area contributed by atoms with Crippen LogP contribution in [0, 0.1) is 0 Å². The van der Waals surface area contributed by atoms with E-state index in [-0.39, 0.29) is 68.4 Å². The van der Waals surface area contributed by atoms with Gasteiger partial charge in [-0.1, -0.05) is 56.0 Å². The fourth-order valence-corrected chi connectivity index (χ4v) is 6.79. The van der Waals surface area contributed by atoms with Crippen molar-refractivity contribution in [1.82, 2.24) is 39.0 Å². The van der Waals surface area contributed by atoms with Gasteiger partial charge in [-0.05, 0) is 22.3 Å². The third-order valence-electron chi connectivity index (χ3n) is 8.36. The number of alkyl halides is 1. The Morgan fingerprint density at radius 2 is 1.11 bits per heavy atom. The standard InChI is InChI=1S/C18H24N5O6P.C16H18ClN5O3.C2H7O3P.CH4/c1-26-7-8-29-17-21-15(19)14-16(22-17)23(18(24)20-14)10-12-5-4-6-13(9-12)11-30(25,27-2)28-3;1-24-5-6-25-15-20-13(18)12-14(21-15)22(16(23)19-12)9-11-4-2-3-10(7-11)8-17;1-4-6(3)5-2;/h4-6,9H,7-8,10-11H2,1-3H3,(H,20,24)(H2,19,21,22);2-4,7H,5-6,8-9H2,1H3,(H,19,23)(H2,18,20,21);3H,1-2H3;1H4. The molecule has 0 saturated carbocycles. The highest BCUT2D eigenvalue weighted by Crippen LogP contribution is 2.49. The molecule has 340 valence electrons. The Kier molecular flexibility index (Phi) is 20.9. The predicted octanol–water partition coefficient (Wildman–Crippen LogP) is 4.41. The number of aromatic nitrogens is 8. The van der Waals surface area contributed by atoms with Crippen molar-refractivity contribution in [1.29, 1.82) is 0 Å². The van der Waals surface area contributed by atoms with E-state index in [0.29, 0.717) is 48.0 Å². The zero-order chi connectivity index (χ0) is 44.5. The van der Waals surface area contributed by atoms with E-state index in [1.54, 1.807) is 14.2 Å². The molecular formula is C37H53ClN10O12P2. The molecule has 0 bridgehead atoms. The van der Waals surface area contributed by atoms with Gasteiger partial charge in [-0.2, -0.15) is 19.9 Å². The van der Waals surface area contributed by atoms with Crippen molar-refractivity contribution < 1.29 is 46.5 Å². The minimum absolute atomic E-state index is 0. The van der Waals surface area contributed by atoms with Crippen LogP contribution in [0.3, 0.4) is 0 Å². The lowest BCUT2D eigenvalue weighted by Gasteiger charge is -2.14. The van der Waals surface area contributed by atoms with E-state index in [4.69, 9.17) is 56.0 Å². The first-order valence-electron chi connectivity index (χ1n) is 18.1. The number of hydrogen-bond donors (Lipinski definition) is 5. The summed E-state index contributed by atoms with van der Waals surface area (Å²) in [6.07, 6.45) is 0.114. The van der Waals surface area contributed by atoms with Gasteiger partial charge in [0, 0.05) is 48.5 Å². The van der Waals surface area contributed by atoms with Crippen molar-refractivity contribution in [2.75, 3.05) is 80.6 Å². The number of H-pyrrole nitrogens is 2. The highest BCUT2D eigenvalue weighted by Gasteiger charge is 2.22. The highest BCUT2D eigenvalue weighted by molar-refractivity contribution is 7.52. The minimum atomic E-state index is -3.21. The Morgan fingerprint density at radius 1 is 0.694 bits per heavy atom. The van der Waals surface area contributed by atoms with E-state index >= 15 is 0 Å². The number of nitrogens with zero attached hydrogens (tertiary/aromatic N) is 6. The second-order valence-corrected chi connectivity index (χ2v) is 16.1. The number of imidazole rings is 2. The second-order valence-electron chi connectivity index (χ2n) is 12.4. The molecule has 0 atom stereocenters. The first kappa shape index (κ1) is 51.4. The Labute approximate surface area is 363 Å². The Balaban J connectivity index is 0.000000291. The van der Waals surface area contributed by atoms with Crippen LogP contribution in [-0.4, -0.2) is 113 Å². The smallest absolute Gasteiger partial charge is 0.334 e. The lowest BCUT2D eigenvalue weighted by atomic mass is 10.1. The van der Waals surface area contributed by atoms with Crippen LogP contribution in [0.4, 0.5) is 11.6 Å². The number of anilines is 2. The SMILES string of the molecule is C.COCCOc1nc(N)c2[nH]c(=O)n(Cc3cccc(CCl)c3)c2n1.COCCOc1nc(N)c2[nH]c(=O)n(Cc3cccc(CP(=O)(OC)OC)c3)c2n1.COP(O)OC. The first-order chi connectivity index (χ1) is 29.3. The van der Waals surface area contributed by atoms with Crippen LogP contribution in [0.15, 0.2) is 58.1 Å². The number of fused-ring (bicyclic) bond motifs is 2. The zero-order valence-corrected chi connectivity index (χ0v) is 36.9. The quantitative estimate of drug-likeness (QED) is 0.0427. The Morgan fingerprint density at radius 3 is 1.50 bits per heavy atom. The number of aromatic amines is 2. The van der Waals surface area contributed by atoms with Gasteiger partial charge < -0.3 is 63.4 Å². The molecule has 0 fully saturated rings. The van der Waals surface area contributed by atoms with Gasteiger partial charge in [0.2, 0.25) is 0 Å². The second kappa shape index (κ2) is 25.2. The summed E-state index contributed by atoms with van der Waals surface area (Å²) in [6, 6.07) is 15.1. The van der Waals surface area contributed by atoms with Gasteiger partial charge in [-0.3, -0.25) is 13.7 Å². The fraction of sp³-hybridized carbons (Fsp3) is 0.405. The van der Waals surface area contributed by atoms with Crippen molar-refractivity contribution in [3.63, 3.8) is 0 Å². The molecule has 6 aromatic rings. The van der Waals surface area contributed by atoms with Gasteiger partial charge in [0.15, 0.2) is 22.9 Å². The summed E-state index contributed by atoms with van der Waals surface area (Å²) in [7, 11) is 3.79. The van der Waals surface area contributed by atoms with Crippen LogP contribution in [0.25, 0.3) is 22.3 Å². The van der Waals surface area contributed by atoms with Crippen molar-refractivity contribution in [3.05, 3.63) is 91.8 Å². The molecule has 0 saturated heterocycles. The average molecular weight is 927 g/mol. The maximum atomic E-state index is 12.5. The number of hydrogen-bond acceptors (Lipinski definition) is 18. The monoisotopic (exact) mass is 926 g/mol. The molecule has 22 nitrogen and oxygen atoms in total.